The van der Waals surface area contributed by atoms with Crippen LogP contribution in [0.1, 0.15) is 12.8 Å². The van der Waals surface area contributed by atoms with Gasteiger partial charge in [0.2, 0.25) is 15.9 Å². The Morgan fingerprint density at radius 3 is 2.54 bits per heavy atom. The molecule has 146 valence electrons. The average molecular weight is 399 g/mol. The van der Waals surface area contributed by atoms with E-state index in [1.54, 1.807) is 24.4 Å². The molecule has 1 aliphatic heterocycles. The van der Waals surface area contributed by atoms with Gasteiger partial charge in [0.1, 0.15) is 6.10 Å². The number of hydrogen-bond donors (Lipinski definition) is 0. The lowest BCUT2D eigenvalue weighted by molar-refractivity contribution is 0.128. The van der Waals surface area contributed by atoms with Gasteiger partial charge in [-0.2, -0.15) is 9.29 Å². The normalized spacial score (nSPS) is 16.2. The van der Waals surface area contributed by atoms with Crippen LogP contribution in [0.15, 0.2) is 59.6 Å². The number of rotatable bonds is 5. The third-order valence-electron chi connectivity index (χ3n) is 4.84. The highest BCUT2D eigenvalue weighted by Crippen LogP contribution is 2.26. The first-order valence-corrected chi connectivity index (χ1v) is 10.5. The SMILES string of the molecule is COc1nccc(OC2CCN(S(=O)(=O)c3ccc4ccccc4c3)CC2)n1. The third-order valence-corrected chi connectivity index (χ3v) is 6.73. The Morgan fingerprint density at radius 2 is 1.79 bits per heavy atom. The summed E-state index contributed by atoms with van der Waals surface area (Å²) < 4.78 is 38.4. The van der Waals surface area contributed by atoms with Gasteiger partial charge in [0.05, 0.1) is 12.0 Å². The first-order valence-electron chi connectivity index (χ1n) is 9.09. The molecule has 0 amide bonds. The molecule has 1 aromatic heterocycles. The van der Waals surface area contributed by atoms with E-state index in [9.17, 15) is 8.42 Å². The van der Waals surface area contributed by atoms with Crippen LogP contribution in [0.3, 0.4) is 0 Å². The predicted octanol–water partition coefficient (Wildman–Crippen LogP) is 2.87. The maximum Gasteiger partial charge on any atom is 0.319 e. The quantitative estimate of drug-likeness (QED) is 0.656. The van der Waals surface area contributed by atoms with Crippen LogP contribution in [0.4, 0.5) is 0 Å². The zero-order valence-corrected chi connectivity index (χ0v) is 16.3. The molecule has 1 saturated heterocycles. The zero-order valence-electron chi connectivity index (χ0n) is 15.5. The van der Waals surface area contributed by atoms with Crippen molar-refractivity contribution in [2.45, 2.75) is 23.8 Å². The predicted molar refractivity (Wildman–Crippen MR) is 105 cm³/mol. The third kappa shape index (κ3) is 3.79. The van der Waals surface area contributed by atoms with Crippen molar-refractivity contribution in [1.82, 2.24) is 14.3 Å². The molecular formula is C20H21N3O4S. The van der Waals surface area contributed by atoms with E-state index in [-0.39, 0.29) is 12.1 Å². The van der Waals surface area contributed by atoms with Crippen molar-refractivity contribution in [2.24, 2.45) is 0 Å². The highest BCUT2D eigenvalue weighted by Gasteiger charge is 2.30. The minimum absolute atomic E-state index is 0.0948. The monoisotopic (exact) mass is 399 g/mol. The number of piperidine rings is 1. The molecule has 0 spiro atoms. The number of nitrogens with zero attached hydrogens (tertiary/aromatic N) is 3. The van der Waals surface area contributed by atoms with E-state index in [0.717, 1.165) is 10.8 Å². The number of sulfonamides is 1. The largest absolute Gasteiger partial charge is 0.474 e. The van der Waals surface area contributed by atoms with E-state index >= 15 is 0 Å². The fourth-order valence-corrected chi connectivity index (χ4v) is 4.83. The van der Waals surface area contributed by atoms with E-state index < -0.39 is 10.0 Å². The lowest BCUT2D eigenvalue weighted by Gasteiger charge is -2.31. The second-order valence-corrected chi connectivity index (χ2v) is 8.55. The Balaban J connectivity index is 1.44. The average Bonchev–Trinajstić information content (AvgIpc) is 2.74. The van der Waals surface area contributed by atoms with Crippen molar-refractivity contribution in [3.63, 3.8) is 0 Å². The minimum atomic E-state index is -3.53. The molecular weight excluding hydrogens is 378 g/mol. The number of benzene rings is 2. The summed E-state index contributed by atoms with van der Waals surface area (Å²) in [6.45, 7) is 0.810. The Kier molecular flexibility index (Phi) is 5.15. The summed E-state index contributed by atoms with van der Waals surface area (Å²) in [4.78, 5) is 8.42. The van der Waals surface area contributed by atoms with E-state index in [0.29, 0.717) is 36.7 Å². The van der Waals surface area contributed by atoms with E-state index in [2.05, 4.69) is 9.97 Å². The van der Waals surface area contributed by atoms with Crippen LogP contribution >= 0.6 is 0 Å². The van der Waals surface area contributed by atoms with Crippen molar-refractivity contribution in [2.75, 3.05) is 20.2 Å². The Bertz CT molecular complexity index is 1080. The van der Waals surface area contributed by atoms with E-state index in [1.807, 2.05) is 30.3 Å². The van der Waals surface area contributed by atoms with E-state index in [4.69, 9.17) is 9.47 Å². The van der Waals surface area contributed by atoms with Gasteiger partial charge in [-0.3, -0.25) is 0 Å². The van der Waals surface area contributed by atoms with Gasteiger partial charge in [-0.15, -0.1) is 0 Å². The molecule has 0 atom stereocenters. The second-order valence-electron chi connectivity index (χ2n) is 6.61. The molecule has 0 saturated carbocycles. The van der Waals surface area contributed by atoms with Crippen LogP contribution in [0.5, 0.6) is 11.9 Å². The fourth-order valence-electron chi connectivity index (χ4n) is 3.33. The maximum atomic E-state index is 13.0. The maximum absolute atomic E-state index is 13.0. The molecule has 2 aromatic carbocycles. The molecule has 0 bridgehead atoms. The van der Waals surface area contributed by atoms with Crippen molar-refractivity contribution in [3.05, 3.63) is 54.7 Å². The second kappa shape index (κ2) is 7.73. The van der Waals surface area contributed by atoms with Crippen LogP contribution < -0.4 is 9.47 Å². The number of methoxy groups -OCH3 is 1. The van der Waals surface area contributed by atoms with Crippen LogP contribution in [0.25, 0.3) is 10.8 Å². The molecule has 28 heavy (non-hydrogen) atoms. The summed E-state index contributed by atoms with van der Waals surface area (Å²) in [5, 5.41) is 1.94. The molecule has 2 heterocycles. The summed E-state index contributed by atoms with van der Waals surface area (Å²) in [5.74, 6) is 0.433. The van der Waals surface area contributed by atoms with Crippen molar-refractivity contribution >= 4 is 20.8 Å². The van der Waals surface area contributed by atoms with Gasteiger partial charge in [-0.1, -0.05) is 30.3 Å². The van der Waals surface area contributed by atoms with Crippen molar-refractivity contribution < 1.29 is 17.9 Å². The molecule has 0 N–H and O–H groups in total. The molecule has 4 rings (SSSR count). The van der Waals surface area contributed by atoms with Crippen molar-refractivity contribution in [1.29, 1.82) is 0 Å². The van der Waals surface area contributed by atoms with Gasteiger partial charge < -0.3 is 9.47 Å². The van der Waals surface area contributed by atoms with Gasteiger partial charge in [-0.05, 0) is 35.7 Å². The topological polar surface area (TPSA) is 81.6 Å². The standard InChI is InChI=1S/C20H21N3O4S/c1-26-20-21-11-8-19(22-20)27-17-9-12-23(13-10-17)28(24,25)18-7-6-15-4-2-3-5-16(15)14-18/h2-8,11,14,17H,9-10,12-13H2,1H3. The van der Waals surface area contributed by atoms with E-state index in [1.165, 1.54) is 11.4 Å². The molecule has 8 heteroatoms. The zero-order chi connectivity index (χ0) is 19.6. The molecule has 0 radical (unpaired) electrons. The van der Waals surface area contributed by atoms with Gasteiger partial charge in [0.25, 0.3) is 0 Å². The number of fused-ring (bicyclic) bond motifs is 1. The van der Waals surface area contributed by atoms with Crippen LogP contribution in [-0.4, -0.2) is 49.0 Å². The summed E-state index contributed by atoms with van der Waals surface area (Å²) in [7, 11) is -2.03. The number of ether oxygens (including phenoxy) is 2. The first-order chi connectivity index (χ1) is 13.6. The highest BCUT2D eigenvalue weighted by atomic mass is 32.2. The van der Waals surface area contributed by atoms with Crippen molar-refractivity contribution in [3.8, 4) is 11.9 Å². The molecule has 1 aliphatic rings. The summed E-state index contributed by atoms with van der Waals surface area (Å²) in [6, 6.07) is 14.9. The molecule has 1 fully saturated rings. The molecule has 3 aromatic rings. The lowest BCUT2D eigenvalue weighted by Crippen LogP contribution is -2.41. The van der Waals surface area contributed by atoms with Gasteiger partial charge >= 0.3 is 6.01 Å². The number of aromatic nitrogens is 2. The first kappa shape index (κ1) is 18.6. The van der Waals surface area contributed by atoms with Gasteiger partial charge in [0, 0.05) is 25.4 Å². The Labute approximate surface area is 164 Å². The molecule has 7 nitrogen and oxygen atoms in total. The molecule has 0 aliphatic carbocycles. The van der Waals surface area contributed by atoms with Crippen LogP contribution in [0.2, 0.25) is 0 Å². The van der Waals surface area contributed by atoms with Gasteiger partial charge in [0.15, 0.2) is 0 Å². The lowest BCUT2D eigenvalue weighted by atomic mass is 10.1. The minimum Gasteiger partial charge on any atom is -0.474 e. The Morgan fingerprint density at radius 1 is 1.04 bits per heavy atom. The summed E-state index contributed by atoms with van der Waals surface area (Å²) in [5.41, 5.74) is 0. The Hall–Kier alpha value is -2.71. The highest BCUT2D eigenvalue weighted by molar-refractivity contribution is 7.89. The number of hydrogen-bond acceptors (Lipinski definition) is 6. The fraction of sp³-hybridized carbons (Fsp3) is 0.300. The summed E-state index contributed by atoms with van der Waals surface area (Å²) in [6.07, 6.45) is 2.67. The molecule has 0 unspecified atom stereocenters. The smallest absolute Gasteiger partial charge is 0.319 e. The van der Waals surface area contributed by atoms with Gasteiger partial charge in [-0.25, -0.2) is 13.4 Å². The summed E-state index contributed by atoms with van der Waals surface area (Å²) >= 11 is 0. The van der Waals surface area contributed by atoms with Crippen LogP contribution in [-0.2, 0) is 10.0 Å². The van der Waals surface area contributed by atoms with Crippen LogP contribution in [0, 0.1) is 0 Å².